The Morgan fingerprint density at radius 2 is 2.43 bits per heavy atom. The zero-order chi connectivity index (χ0) is 10.1. The van der Waals surface area contributed by atoms with Crippen LogP contribution in [0.1, 0.15) is 22.7 Å². The van der Waals surface area contributed by atoms with Crippen LogP contribution in [-0.2, 0) is 0 Å². The third-order valence-electron chi connectivity index (χ3n) is 2.11. The predicted octanol–water partition coefficient (Wildman–Crippen LogP) is 3.17. The van der Waals surface area contributed by atoms with Gasteiger partial charge in [0.1, 0.15) is 0 Å². The van der Waals surface area contributed by atoms with E-state index in [0.717, 1.165) is 4.96 Å². The van der Waals surface area contributed by atoms with E-state index in [1.165, 1.54) is 10.6 Å². The average molecular weight is 223 g/mol. The Kier molecular flexibility index (Phi) is 2.88. The average Bonchev–Trinajstić information content (AvgIpc) is 2.62. The highest BCUT2D eigenvalue weighted by Gasteiger charge is 2.12. The summed E-state index contributed by atoms with van der Waals surface area (Å²) in [6.07, 6.45) is 4.14. The minimum atomic E-state index is 0.476. The van der Waals surface area contributed by atoms with Gasteiger partial charge in [-0.25, -0.2) is 16.6 Å². The molecule has 5 heteroatoms. The van der Waals surface area contributed by atoms with Crippen molar-refractivity contribution in [1.82, 2.24) is 9.38 Å². The second-order valence-corrected chi connectivity index (χ2v) is 5.86. The molecule has 0 fully saturated rings. The monoisotopic (exact) mass is 223 g/mol. The van der Waals surface area contributed by atoms with E-state index in [9.17, 15) is 0 Å². The minimum absolute atomic E-state index is 0.476. The molecule has 0 aromatic carbocycles. The molecule has 0 aliphatic rings. The van der Waals surface area contributed by atoms with Gasteiger partial charge in [0, 0.05) is 16.3 Å². The Labute approximate surface area is 92.9 Å². The third-order valence-corrected chi connectivity index (χ3v) is 3.95. The van der Waals surface area contributed by atoms with Crippen molar-refractivity contribution in [2.75, 3.05) is 0 Å². The highest BCUT2D eigenvalue weighted by Crippen LogP contribution is 2.29. The molecular weight excluding hydrogens is 211 g/mol. The molecule has 0 saturated carbocycles. The highest BCUT2D eigenvalue weighted by molar-refractivity contribution is 8.22. The molecule has 73 valence electrons. The number of fused-ring (bicyclic) bond motifs is 1. The lowest BCUT2D eigenvalue weighted by molar-refractivity contribution is 0.983. The molecule has 0 aliphatic carbocycles. The number of imidazole rings is 1. The molecule has 1 unspecified atom stereocenters. The lowest BCUT2D eigenvalue weighted by atomic mass is 10.2. The first-order valence-corrected chi connectivity index (χ1v) is 6.35. The Bertz CT molecular complexity index is 435. The second-order valence-electron chi connectivity index (χ2n) is 3.19. The van der Waals surface area contributed by atoms with Crippen LogP contribution >= 0.6 is 22.9 Å². The molecular formula is C9H12BN2S2. The summed E-state index contributed by atoms with van der Waals surface area (Å²) in [4.78, 5) is 6.81. The van der Waals surface area contributed by atoms with E-state index >= 15 is 0 Å². The van der Waals surface area contributed by atoms with Crippen molar-refractivity contribution in [2.24, 2.45) is 0 Å². The van der Waals surface area contributed by atoms with E-state index < -0.39 is 0 Å². The normalized spacial score (nSPS) is 13.4. The molecule has 2 aromatic rings. The Hall–Kier alpha value is -0.415. The summed E-state index contributed by atoms with van der Waals surface area (Å²) < 4.78 is 2.20. The van der Waals surface area contributed by atoms with Crippen LogP contribution in [0, 0.1) is 6.92 Å². The SMILES string of the molecule is C[B]SC(C)c1cnc2sc(C)cn12. The molecule has 1 atom stereocenters. The van der Waals surface area contributed by atoms with Gasteiger partial charge in [0.25, 0.3) is 0 Å². The molecule has 0 amide bonds. The quantitative estimate of drug-likeness (QED) is 0.743. The molecule has 0 N–H and O–H groups in total. The summed E-state index contributed by atoms with van der Waals surface area (Å²) in [5.74, 6) is 0. The Balaban J connectivity index is 2.41. The largest absolute Gasteiger partial charge is 0.293 e. The van der Waals surface area contributed by atoms with E-state index in [0.29, 0.717) is 5.25 Å². The number of aryl methyl sites for hydroxylation is 1. The van der Waals surface area contributed by atoms with Gasteiger partial charge in [-0.1, -0.05) is 6.82 Å². The standard InChI is InChI=1S/C9H12BN2S2/c1-6-5-12-8(7(2)14-10-3)4-11-9(12)13-6/h4-5,7H,1-3H3. The third kappa shape index (κ3) is 1.71. The van der Waals surface area contributed by atoms with Crippen LogP contribution in [0.15, 0.2) is 12.4 Å². The van der Waals surface area contributed by atoms with Crippen LogP contribution in [0.3, 0.4) is 0 Å². The van der Waals surface area contributed by atoms with Crippen LogP contribution in [0.25, 0.3) is 4.96 Å². The maximum absolute atomic E-state index is 4.40. The van der Waals surface area contributed by atoms with Crippen molar-refractivity contribution in [3.63, 3.8) is 0 Å². The van der Waals surface area contributed by atoms with Crippen molar-refractivity contribution in [3.05, 3.63) is 23.0 Å². The number of nitrogens with zero attached hydrogens (tertiary/aromatic N) is 2. The van der Waals surface area contributed by atoms with Gasteiger partial charge >= 0.3 is 0 Å². The van der Waals surface area contributed by atoms with Gasteiger partial charge < -0.3 is 0 Å². The fourth-order valence-corrected chi connectivity index (χ4v) is 3.02. The van der Waals surface area contributed by atoms with Gasteiger partial charge in [0.2, 0.25) is 0 Å². The molecule has 1 radical (unpaired) electrons. The molecule has 2 rings (SSSR count). The van der Waals surface area contributed by atoms with Gasteiger partial charge in [-0.15, -0.1) is 11.3 Å². The van der Waals surface area contributed by atoms with E-state index in [2.05, 4.69) is 42.8 Å². The van der Waals surface area contributed by atoms with Crippen LogP contribution in [0.2, 0.25) is 6.82 Å². The minimum Gasteiger partial charge on any atom is -0.293 e. The molecule has 0 saturated heterocycles. The summed E-state index contributed by atoms with van der Waals surface area (Å²) in [6, 6.07) is 0. The van der Waals surface area contributed by atoms with Crippen molar-refractivity contribution in [3.8, 4) is 0 Å². The number of hydrogen-bond donors (Lipinski definition) is 0. The fourth-order valence-electron chi connectivity index (χ4n) is 1.49. The summed E-state index contributed by atoms with van der Waals surface area (Å²) in [7, 11) is 0. The fraction of sp³-hybridized carbons (Fsp3) is 0.444. The molecule has 2 heterocycles. The van der Waals surface area contributed by atoms with Crippen LogP contribution in [-0.4, -0.2) is 15.9 Å². The van der Waals surface area contributed by atoms with Gasteiger partial charge in [0.15, 0.2) is 11.5 Å². The molecule has 2 aromatic heterocycles. The Morgan fingerprint density at radius 1 is 1.64 bits per heavy atom. The lowest BCUT2D eigenvalue weighted by Gasteiger charge is -2.07. The molecule has 14 heavy (non-hydrogen) atoms. The van der Waals surface area contributed by atoms with Crippen LogP contribution in [0.4, 0.5) is 0 Å². The van der Waals surface area contributed by atoms with Crippen molar-refractivity contribution in [1.29, 1.82) is 0 Å². The van der Waals surface area contributed by atoms with Crippen molar-refractivity contribution >= 4 is 34.5 Å². The van der Waals surface area contributed by atoms with Gasteiger partial charge in [0.05, 0.1) is 11.9 Å². The number of hydrogen-bond acceptors (Lipinski definition) is 3. The maximum atomic E-state index is 4.40. The summed E-state index contributed by atoms with van der Waals surface area (Å²) in [6.45, 7) is 8.52. The number of rotatable bonds is 3. The first kappa shape index (κ1) is 10.1. The van der Waals surface area contributed by atoms with E-state index in [-0.39, 0.29) is 0 Å². The van der Waals surface area contributed by atoms with Crippen LogP contribution < -0.4 is 0 Å². The van der Waals surface area contributed by atoms with E-state index in [1.54, 1.807) is 11.3 Å². The van der Waals surface area contributed by atoms with E-state index in [4.69, 9.17) is 0 Å². The van der Waals surface area contributed by atoms with Crippen molar-refractivity contribution < 1.29 is 0 Å². The topological polar surface area (TPSA) is 17.3 Å². The summed E-state index contributed by atoms with van der Waals surface area (Å²) >= 11 is 3.57. The van der Waals surface area contributed by atoms with Gasteiger partial charge in [-0.3, -0.25) is 4.40 Å². The first-order chi connectivity index (χ1) is 6.72. The Morgan fingerprint density at radius 3 is 3.14 bits per heavy atom. The summed E-state index contributed by atoms with van der Waals surface area (Å²) in [5, 5.41) is 0.476. The molecule has 0 aliphatic heterocycles. The highest BCUT2D eigenvalue weighted by atomic mass is 32.2. The maximum Gasteiger partial charge on any atom is 0.194 e. The zero-order valence-electron chi connectivity index (χ0n) is 8.52. The summed E-state index contributed by atoms with van der Waals surface area (Å²) in [5.41, 5.74) is 1.28. The van der Waals surface area contributed by atoms with Crippen molar-refractivity contribution in [2.45, 2.75) is 25.9 Å². The predicted molar refractivity (Wildman–Crippen MR) is 65.4 cm³/mol. The second kappa shape index (κ2) is 3.99. The zero-order valence-corrected chi connectivity index (χ0v) is 10.2. The first-order valence-electron chi connectivity index (χ1n) is 4.59. The smallest absolute Gasteiger partial charge is 0.194 e. The number of thiazole rings is 1. The van der Waals surface area contributed by atoms with Crippen LogP contribution in [0.5, 0.6) is 0 Å². The van der Waals surface area contributed by atoms with Gasteiger partial charge in [-0.2, -0.15) is 0 Å². The molecule has 0 bridgehead atoms. The number of aromatic nitrogens is 2. The molecule has 2 nitrogen and oxygen atoms in total. The molecule has 0 spiro atoms. The van der Waals surface area contributed by atoms with Gasteiger partial charge in [-0.05, 0) is 13.8 Å². The lowest BCUT2D eigenvalue weighted by Crippen LogP contribution is -1.94. The van der Waals surface area contributed by atoms with E-state index in [1.807, 2.05) is 17.8 Å².